The fraction of sp³-hybridized carbons (Fsp3) is 0.632. The molecular weight excluding hydrogens is 402 g/mol. The Hall–Kier alpha value is -2.10. The summed E-state index contributed by atoms with van der Waals surface area (Å²) >= 11 is 0. The highest BCUT2D eigenvalue weighted by molar-refractivity contribution is 5.99. The van der Waals surface area contributed by atoms with Crippen molar-refractivity contribution >= 4 is 24.0 Å². The second-order valence-electron chi connectivity index (χ2n) is 7.17. The van der Waals surface area contributed by atoms with E-state index in [1.165, 1.54) is 26.4 Å². The first kappa shape index (κ1) is 23.2. The maximum Gasteiger partial charge on any atom is 0.286 e. The number of benzene rings is 1. The molecule has 10 heteroatoms. The number of amides is 1. The highest BCUT2D eigenvalue weighted by atomic mass is 35.5. The summed E-state index contributed by atoms with van der Waals surface area (Å²) < 4.78 is 15.8. The van der Waals surface area contributed by atoms with Crippen molar-refractivity contribution in [2.24, 2.45) is 11.8 Å². The van der Waals surface area contributed by atoms with Crippen LogP contribution in [0.25, 0.3) is 0 Å². The highest BCUT2D eigenvalue weighted by Crippen LogP contribution is 2.36. The van der Waals surface area contributed by atoms with E-state index in [-0.39, 0.29) is 41.9 Å². The molecule has 1 amide bonds. The number of nitrogens with zero attached hydrogens (tertiary/aromatic N) is 2. The lowest BCUT2D eigenvalue weighted by Gasteiger charge is -2.21. The molecule has 2 atom stereocenters. The van der Waals surface area contributed by atoms with Gasteiger partial charge in [-0.2, -0.15) is 0 Å². The molecular formula is C19H28ClN3O6. The van der Waals surface area contributed by atoms with Gasteiger partial charge < -0.3 is 24.4 Å². The molecule has 0 saturated carbocycles. The number of rotatable bonds is 7. The number of hydrogen-bond acceptors (Lipinski definition) is 7. The molecule has 0 bridgehead atoms. The Morgan fingerprint density at radius 3 is 2.38 bits per heavy atom. The molecule has 2 fully saturated rings. The summed E-state index contributed by atoms with van der Waals surface area (Å²) in [5, 5.41) is 15.0. The number of carbonyl (C=O) groups excluding carboxylic acids is 1. The van der Waals surface area contributed by atoms with Crippen LogP contribution >= 0.6 is 12.4 Å². The zero-order chi connectivity index (χ0) is 20.1. The molecule has 1 aromatic rings. The topological polar surface area (TPSA) is 103 Å². The summed E-state index contributed by atoms with van der Waals surface area (Å²) in [6, 6.07) is 2.67. The number of fused-ring (bicyclic) bond motifs is 1. The molecule has 162 valence electrons. The molecule has 2 heterocycles. The first-order valence-electron chi connectivity index (χ1n) is 9.53. The standard InChI is InChI=1S/C19H27N3O6.ClH/c1-26-7-8-28-18-10-16(22(24)25)15(9-17(18)27-2)19(23)21-5-3-13-11-20-12-14(13)4-6-21;/h9-10,13-14,20H,3-8,11-12H2,1-2H3;1H/t13-,14+;. The molecule has 0 radical (unpaired) electrons. The normalized spacial score (nSPS) is 21.0. The van der Waals surface area contributed by atoms with Crippen molar-refractivity contribution in [2.45, 2.75) is 12.8 Å². The summed E-state index contributed by atoms with van der Waals surface area (Å²) in [4.78, 5) is 25.9. The summed E-state index contributed by atoms with van der Waals surface area (Å²) in [5.74, 6) is 1.32. The number of methoxy groups -OCH3 is 2. The maximum atomic E-state index is 13.1. The Balaban J connectivity index is 0.00000300. The van der Waals surface area contributed by atoms with Gasteiger partial charge in [-0.3, -0.25) is 14.9 Å². The molecule has 29 heavy (non-hydrogen) atoms. The van der Waals surface area contributed by atoms with Gasteiger partial charge in [0, 0.05) is 26.3 Å². The second kappa shape index (κ2) is 10.6. The second-order valence-corrected chi connectivity index (χ2v) is 7.17. The van der Waals surface area contributed by atoms with Crippen molar-refractivity contribution in [1.29, 1.82) is 0 Å². The lowest BCUT2D eigenvalue weighted by molar-refractivity contribution is -0.385. The predicted molar refractivity (Wildman–Crippen MR) is 109 cm³/mol. The van der Waals surface area contributed by atoms with E-state index in [0.717, 1.165) is 25.9 Å². The average molecular weight is 430 g/mol. The number of ether oxygens (including phenoxy) is 3. The van der Waals surface area contributed by atoms with Crippen LogP contribution in [-0.2, 0) is 4.74 Å². The Morgan fingerprint density at radius 1 is 1.17 bits per heavy atom. The molecule has 2 aliphatic rings. The van der Waals surface area contributed by atoms with Gasteiger partial charge in [-0.25, -0.2) is 0 Å². The van der Waals surface area contributed by atoms with E-state index >= 15 is 0 Å². The van der Waals surface area contributed by atoms with Crippen molar-refractivity contribution in [2.75, 3.05) is 53.6 Å². The van der Waals surface area contributed by atoms with E-state index in [0.29, 0.717) is 37.3 Å². The van der Waals surface area contributed by atoms with Gasteiger partial charge in [0.1, 0.15) is 12.2 Å². The number of likely N-dealkylation sites (tertiary alicyclic amines) is 1. The average Bonchev–Trinajstić information content (AvgIpc) is 3.05. The number of hydrogen-bond donors (Lipinski definition) is 1. The first-order chi connectivity index (χ1) is 13.5. The Kier molecular flexibility index (Phi) is 8.48. The van der Waals surface area contributed by atoms with E-state index in [4.69, 9.17) is 14.2 Å². The number of carbonyl (C=O) groups is 1. The zero-order valence-corrected chi connectivity index (χ0v) is 17.5. The van der Waals surface area contributed by atoms with Crippen LogP contribution in [0.4, 0.5) is 5.69 Å². The molecule has 0 unspecified atom stereocenters. The third-order valence-corrected chi connectivity index (χ3v) is 5.56. The molecule has 3 rings (SSSR count). The van der Waals surface area contributed by atoms with Gasteiger partial charge in [-0.1, -0.05) is 0 Å². The monoisotopic (exact) mass is 429 g/mol. The molecule has 9 nitrogen and oxygen atoms in total. The minimum absolute atomic E-state index is 0. The van der Waals surface area contributed by atoms with Crippen LogP contribution in [0.5, 0.6) is 11.5 Å². The fourth-order valence-corrected chi connectivity index (χ4v) is 3.97. The Morgan fingerprint density at radius 2 is 1.83 bits per heavy atom. The summed E-state index contributed by atoms with van der Waals surface area (Å²) in [7, 11) is 2.98. The van der Waals surface area contributed by atoms with Crippen molar-refractivity contribution in [3.8, 4) is 11.5 Å². The van der Waals surface area contributed by atoms with E-state index in [9.17, 15) is 14.9 Å². The summed E-state index contributed by atoms with van der Waals surface area (Å²) in [5.41, 5.74) is -0.240. The van der Waals surface area contributed by atoms with Crippen LogP contribution in [0.2, 0.25) is 0 Å². The van der Waals surface area contributed by atoms with Crippen LogP contribution in [0.1, 0.15) is 23.2 Å². The number of halogens is 1. The largest absolute Gasteiger partial charge is 0.493 e. The fourth-order valence-electron chi connectivity index (χ4n) is 3.97. The third kappa shape index (κ3) is 5.29. The Labute approximate surface area is 176 Å². The van der Waals surface area contributed by atoms with Crippen molar-refractivity contribution in [3.05, 3.63) is 27.8 Å². The third-order valence-electron chi connectivity index (χ3n) is 5.56. The number of nitrogens with one attached hydrogen (secondary N) is 1. The van der Waals surface area contributed by atoms with Gasteiger partial charge in [0.15, 0.2) is 11.5 Å². The van der Waals surface area contributed by atoms with E-state index < -0.39 is 4.92 Å². The smallest absolute Gasteiger partial charge is 0.286 e. The predicted octanol–water partition coefficient (Wildman–Crippen LogP) is 2.12. The van der Waals surface area contributed by atoms with Crippen molar-refractivity contribution in [3.63, 3.8) is 0 Å². The lowest BCUT2D eigenvalue weighted by atomic mass is 9.92. The Bertz CT molecular complexity index is 718. The van der Waals surface area contributed by atoms with Gasteiger partial charge in [-0.15, -0.1) is 12.4 Å². The van der Waals surface area contributed by atoms with Crippen LogP contribution in [0, 0.1) is 22.0 Å². The summed E-state index contributed by atoms with van der Waals surface area (Å²) in [6.07, 6.45) is 1.82. The summed E-state index contributed by atoms with van der Waals surface area (Å²) in [6.45, 7) is 3.73. The van der Waals surface area contributed by atoms with Gasteiger partial charge >= 0.3 is 0 Å². The SMILES string of the molecule is COCCOc1cc([N+](=O)[O-])c(C(=O)N2CC[C@@H]3CNC[C@@H]3CC2)cc1OC.Cl. The van der Waals surface area contributed by atoms with Crippen LogP contribution in [0.3, 0.4) is 0 Å². The zero-order valence-electron chi connectivity index (χ0n) is 16.7. The van der Waals surface area contributed by atoms with Crippen LogP contribution in [-0.4, -0.2) is 69.3 Å². The molecule has 2 saturated heterocycles. The van der Waals surface area contributed by atoms with E-state index in [1.807, 2.05) is 0 Å². The molecule has 1 aromatic carbocycles. The minimum atomic E-state index is -0.549. The quantitative estimate of drug-likeness (QED) is 0.402. The van der Waals surface area contributed by atoms with Crippen LogP contribution < -0.4 is 14.8 Å². The number of nitro benzene ring substituents is 1. The minimum Gasteiger partial charge on any atom is -0.493 e. The molecule has 0 spiro atoms. The molecule has 1 N–H and O–H groups in total. The lowest BCUT2D eigenvalue weighted by Crippen LogP contribution is -2.33. The van der Waals surface area contributed by atoms with Gasteiger partial charge in [0.05, 0.1) is 24.7 Å². The molecule has 0 aliphatic carbocycles. The van der Waals surface area contributed by atoms with E-state index in [1.54, 1.807) is 4.90 Å². The van der Waals surface area contributed by atoms with Gasteiger partial charge in [0.2, 0.25) is 0 Å². The molecule has 2 aliphatic heterocycles. The van der Waals surface area contributed by atoms with Crippen molar-refractivity contribution < 1.29 is 23.9 Å². The molecule has 0 aromatic heterocycles. The highest BCUT2D eigenvalue weighted by Gasteiger charge is 2.34. The first-order valence-corrected chi connectivity index (χ1v) is 9.53. The van der Waals surface area contributed by atoms with Crippen LogP contribution in [0.15, 0.2) is 12.1 Å². The maximum absolute atomic E-state index is 13.1. The van der Waals surface area contributed by atoms with Gasteiger partial charge in [-0.05, 0) is 37.8 Å². The number of nitro groups is 1. The van der Waals surface area contributed by atoms with E-state index in [2.05, 4.69) is 5.32 Å². The van der Waals surface area contributed by atoms with Gasteiger partial charge in [0.25, 0.3) is 11.6 Å². The van der Waals surface area contributed by atoms with Crippen molar-refractivity contribution in [1.82, 2.24) is 10.2 Å².